The molecule has 0 aliphatic carbocycles. The van der Waals surface area contributed by atoms with Crippen molar-refractivity contribution in [1.29, 1.82) is 0 Å². The Bertz CT molecular complexity index is 238. The molecular formula is C9H14N2O. The summed E-state index contributed by atoms with van der Waals surface area (Å²) in [5.74, 6) is 0.672. The van der Waals surface area contributed by atoms with E-state index in [9.17, 15) is 0 Å². The minimum atomic E-state index is 0.672. The van der Waals surface area contributed by atoms with Gasteiger partial charge in [-0.3, -0.25) is 0 Å². The second-order valence-electron chi connectivity index (χ2n) is 2.49. The van der Waals surface area contributed by atoms with Crippen LogP contribution < -0.4 is 10.1 Å². The standard InChI is InChI=1S/C9H14N2O/c1-3-10-7-8-4-5-11-9(6-8)12-2/h4-6,10H,3,7H2,1-2H3. The maximum absolute atomic E-state index is 5.00. The van der Waals surface area contributed by atoms with E-state index in [0.29, 0.717) is 5.88 Å². The van der Waals surface area contributed by atoms with E-state index in [1.54, 1.807) is 13.3 Å². The molecule has 0 amide bonds. The Labute approximate surface area is 72.8 Å². The van der Waals surface area contributed by atoms with Gasteiger partial charge in [-0.15, -0.1) is 0 Å². The average molecular weight is 166 g/mol. The minimum Gasteiger partial charge on any atom is -0.481 e. The van der Waals surface area contributed by atoms with Crippen LogP contribution in [-0.2, 0) is 6.54 Å². The molecule has 3 nitrogen and oxygen atoms in total. The van der Waals surface area contributed by atoms with Crippen LogP contribution in [0.15, 0.2) is 18.3 Å². The van der Waals surface area contributed by atoms with Crippen molar-refractivity contribution in [2.45, 2.75) is 13.5 Å². The fraction of sp³-hybridized carbons (Fsp3) is 0.444. The van der Waals surface area contributed by atoms with E-state index in [-0.39, 0.29) is 0 Å². The molecule has 12 heavy (non-hydrogen) atoms. The molecule has 0 bridgehead atoms. The summed E-state index contributed by atoms with van der Waals surface area (Å²) in [6, 6.07) is 3.91. The summed E-state index contributed by atoms with van der Waals surface area (Å²) < 4.78 is 5.00. The van der Waals surface area contributed by atoms with Crippen LogP contribution in [0.2, 0.25) is 0 Å². The number of hydrogen-bond donors (Lipinski definition) is 1. The van der Waals surface area contributed by atoms with Crippen molar-refractivity contribution in [2.75, 3.05) is 13.7 Å². The van der Waals surface area contributed by atoms with Crippen LogP contribution in [0.5, 0.6) is 5.88 Å². The van der Waals surface area contributed by atoms with Crippen LogP contribution in [0.1, 0.15) is 12.5 Å². The number of rotatable bonds is 4. The maximum atomic E-state index is 5.00. The van der Waals surface area contributed by atoms with Gasteiger partial charge >= 0.3 is 0 Å². The highest BCUT2D eigenvalue weighted by Crippen LogP contribution is 2.07. The van der Waals surface area contributed by atoms with Crippen molar-refractivity contribution in [3.05, 3.63) is 23.9 Å². The Morgan fingerprint density at radius 3 is 3.08 bits per heavy atom. The van der Waals surface area contributed by atoms with Crippen LogP contribution in [0, 0.1) is 0 Å². The Balaban J connectivity index is 2.60. The van der Waals surface area contributed by atoms with E-state index >= 15 is 0 Å². The van der Waals surface area contributed by atoms with Crippen LogP contribution >= 0.6 is 0 Å². The molecule has 0 spiro atoms. The van der Waals surface area contributed by atoms with Crippen molar-refractivity contribution >= 4 is 0 Å². The molecule has 1 heterocycles. The molecule has 0 fully saturated rings. The monoisotopic (exact) mass is 166 g/mol. The number of nitrogens with one attached hydrogen (secondary N) is 1. The van der Waals surface area contributed by atoms with E-state index in [2.05, 4.69) is 17.2 Å². The first-order chi connectivity index (χ1) is 5.86. The normalized spacial score (nSPS) is 9.83. The van der Waals surface area contributed by atoms with Gasteiger partial charge in [0.25, 0.3) is 0 Å². The van der Waals surface area contributed by atoms with Crippen molar-refractivity contribution < 1.29 is 4.74 Å². The molecule has 1 N–H and O–H groups in total. The van der Waals surface area contributed by atoms with Gasteiger partial charge in [-0.05, 0) is 18.2 Å². The van der Waals surface area contributed by atoms with Crippen LogP contribution in [0.25, 0.3) is 0 Å². The van der Waals surface area contributed by atoms with Crippen molar-refractivity contribution in [3.63, 3.8) is 0 Å². The fourth-order valence-electron chi connectivity index (χ4n) is 0.941. The highest BCUT2D eigenvalue weighted by atomic mass is 16.5. The first kappa shape index (κ1) is 9.00. The lowest BCUT2D eigenvalue weighted by molar-refractivity contribution is 0.397. The zero-order valence-electron chi connectivity index (χ0n) is 7.50. The number of hydrogen-bond acceptors (Lipinski definition) is 3. The third-order valence-corrected chi connectivity index (χ3v) is 1.59. The molecule has 0 atom stereocenters. The predicted molar refractivity (Wildman–Crippen MR) is 48.2 cm³/mol. The summed E-state index contributed by atoms with van der Waals surface area (Å²) in [7, 11) is 1.62. The molecular weight excluding hydrogens is 152 g/mol. The Hall–Kier alpha value is -1.09. The zero-order chi connectivity index (χ0) is 8.81. The Kier molecular flexibility index (Phi) is 3.54. The quantitative estimate of drug-likeness (QED) is 0.729. The van der Waals surface area contributed by atoms with Crippen LogP contribution in [0.4, 0.5) is 0 Å². The average Bonchev–Trinajstić information content (AvgIpc) is 2.15. The molecule has 0 saturated carbocycles. The van der Waals surface area contributed by atoms with E-state index in [4.69, 9.17) is 4.74 Å². The second kappa shape index (κ2) is 4.72. The molecule has 1 aromatic rings. The second-order valence-corrected chi connectivity index (χ2v) is 2.49. The lowest BCUT2D eigenvalue weighted by Gasteiger charge is -2.03. The zero-order valence-corrected chi connectivity index (χ0v) is 7.50. The SMILES string of the molecule is CCNCc1ccnc(OC)c1. The van der Waals surface area contributed by atoms with Gasteiger partial charge in [0.2, 0.25) is 5.88 Å². The van der Waals surface area contributed by atoms with Gasteiger partial charge in [0.15, 0.2) is 0 Å². The molecule has 3 heteroatoms. The first-order valence-electron chi connectivity index (χ1n) is 4.06. The minimum absolute atomic E-state index is 0.672. The van der Waals surface area contributed by atoms with Gasteiger partial charge < -0.3 is 10.1 Å². The fourth-order valence-corrected chi connectivity index (χ4v) is 0.941. The molecule has 0 unspecified atom stereocenters. The van der Waals surface area contributed by atoms with Gasteiger partial charge in [-0.25, -0.2) is 4.98 Å². The molecule has 1 rings (SSSR count). The Morgan fingerprint density at radius 2 is 2.42 bits per heavy atom. The smallest absolute Gasteiger partial charge is 0.213 e. The number of nitrogens with zero attached hydrogens (tertiary/aromatic N) is 1. The lowest BCUT2D eigenvalue weighted by Crippen LogP contribution is -2.11. The molecule has 0 aliphatic heterocycles. The van der Waals surface area contributed by atoms with Crippen molar-refractivity contribution in [2.24, 2.45) is 0 Å². The largest absolute Gasteiger partial charge is 0.481 e. The number of aromatic nitrogens is 1. The third-order valence-electron chi connectivity index (χ3n) is 1.59. The third kappa shape index (κ3) is 2.51. The topological polar surface area (TPSA) is 34.2 Å². The molecule has 0 aliphatic rings. The molecule has 0 aromatic carbocycles. The highest BCUT2D eigenvalue weighted by Gasteiger charge is 1.94. The summed E-state index contributed by atoms with van der Waals surface area (Å²) in [6.07, 6.45) is 1.76. The van der Waals surface area contributed by atoms with E-state index in [0.717, 1.165) is 13.1 Å². The number of methoxy groups -OCH3 is 1. The summed E-state index contributed by atoms with van der Waals surface area (Å²) in [4.78, 5) is 4.02. The number of pyridine rings is 1. The van der Waals surface area contributed by atoms with Gasteiger partial charge in [-0.2, -0.15) is 0 Å². The van der Waals surface area contributed by atoms with Crippen molar-refractivity contribution in [1.82, 2.24) is 10.3 Å². The lowest BCUT2D eigenvalue weighted by atomic mass is 10.2. The highest BCUT2D eigenvalue weighted by molar-refractivity contribution is 5.20. The molecule has 1 aromatic heterocycles. The predicted octanol–water partition coefficient (Wildman–Crippen LogP) is 1.20. The molecule has 66 valence electrons. The van der Waals surface area contributed by atoms with Gasteiger partial charge in [0.05, 0.1) is 7.11 Å². The summed E-state index contributed by atoms with van der Waals surface area (Å²) >= 11 is 0. The van der Waals surface area contributed by atoms with E-state index in [1.165, 1.54) is 5.56 Å². The van der Waals surface area contributed by atoms with Gasteiger partial charge in [0.1, 0.15) is 0 Å². The van der Waals surface area contributed by atoms with Crippen molar-refractivity contribution in [3.8, 4) is 5.88 Å². The number of ether oxygens (including phenoxy) is 1. The van der Waals surface area contributed by atoms with Crippen LogP contribution in [-0.4, -0.2) is 18.6 Å². The maximum Gasteiger partial charge on any atom is 0.213 e. The van der Waals surface area contributed by atoms with Gasteiger partial charge in [0, 0.05) is 18.8 Å². The van der Waals surface area contributed by atoms with E-state index in [1.807, 2.05) is 12.1 Å². The molecule has 0 saturated heterocycles. The van der Waals surface area contributed by atoms with E-state index < -0.39 is 0 Å². The Morgan fingerprint density at radius 1 is 1.58 bits per heavy atom. The summed E-state index contributed by atoms with van der Waals surface area (Å²) in [5, 5.41) is 3.23. The van der Waals surface area contributed by atoms with Crippen LogP contribution in [0.3, 0.4) is 0 Å². The van der Waals surface area contributed by atoms with Gasteiger partial charge in [-0.1, -0.05) is 6.92 Å². The summed E-state index contributed by atoms with van der Waals surface area (Å²) in [6.45, 7) is 3.93. The summed E-state index contributed by atoms with van der Waals surface area (Å²) in [5.41, 5.74) is 1.20. The first-order valence-corrected chi connectivity index (χ1v) is 4.06. The molecule has 0 radical (unpaired) electrons.